The minimum absolute atomic E-state index is 0.0220. The summed E-state index contributed by atoms with van der Waals surface area (Å²) < 4.78 is 5.61. The van der Waals surface area contributed by atoms with Gasteiger partial charge in [-0.15, -0.1) is 0 Å². The lowest BCUT2D eigenvalue weighted by Gasteiger charge is -2.29. The number of ether oxygens (including phenoxy) is 1. The van der Waals surface area contributed by atoms with E-state index in [0.29, 0.717) is 30.2 Å². The molecule has 2 amide bonds. The SMILES string of the molecule is CC(=O)N1CCOc2cc(NC(=O)c3ccccc3C)ccc21. The van der Waals surface area contributed by atoms with Crippen molar-refractivity contribution in [3.05, 3.63) is 53.6 Å². The first kappa shape index (κ1) is 15.1. The molecule has 0 saturated heterocycles. The predicted octanol–water partition coefficient (Wildman–Crippen LogP) is 2.99. The van der Waals surface area contributed by atoms with Gasteiger partial charge in [0.2, 0.25) is 5.91 Å². The summed E-state index contributed by atoms with van der Waals surface area (Å²) in [5.41, 5.74) is 2.93. The van der Waals surface area contributed by atoms with Crippen LogP contribution >= 0.6 is 0 Å². The van der Waals surface area contributed by atoms with Crippen molar-refractivity contribution in [2.45, 2.75) is 13.8 Å². The van der Waals surface area contributed by atoms with Crippen LogP contribution in [0.2, 0.25) is 0 Å². The predicted molar refractivity (Wildman–Crippen MR) is 89.1 cm³/mol. The summed E-state index contributed by atoms with van der Waals surface area (Å²) in [7, 11) is 0. The maximum absolute atomic E-state index is 12.4. The number of hydrogen-bond donors (Lipinski definition) is 1. The molecule has 0 fully saturated rings. The Kier molecular flexibility index (Phi) is 4.02. The first-order valence-electron chi connectivity index (χ1n) is 7.48. The average molecular weight is 310 g/mol. The highest BCUT2D eigenvalue weighted by molar-refractivity contribution is 6.05. The van der Waals surface area contributed by atoms with Crippen molar-refractivity contribution in [3.8, 4) is 5.75 Å². The van der Waals surface area contributed by atoms with Crippen molar-refractivity contribution in [2.75, 3.05) is 23.4 Å². The van der Waals surface area contributed by atoms with Gasteiger partial charge in [-0.05, 0) is 30.7 Å². The second kappa shape index (κ2) is 6.12. The van der Waals surface area contributed by atoms with Crippen LogP contribution in [-0.4, -0.2) is 25.0 Å². The molecular weight excluding hydrogens is 292 g/mol. The molecular formula is C18H18N2O3. The van der Waals surface area contributed by atoms with Crippen LogP contribution in [-0.2, 0) is 4.79 Å². The van der Waals surface area contributed by atoms with E-state index in [2.05, 4.69) is 5.32 Å². The van der Waals surface area contributed by atoms with Gasteiger partial charge < -0.3 is 15.0 Å². The number of anilines is 2. The molecule has 0 saturated carbocycles. The number of rotatable bonds is 2. The standard InChI is InChI=1S/C18H18N2O3/c1-12-5-3-4-6-15(12)18(22)19-14-7-8-16-17(11-14)23-10-9-20(16)13(2)21/h3-8,11H,9-10H2,1-2H3,(H,19,22). The number of hydrogen-bond acceptors (Lipinski definition) is 3. The minimum atomic E-state index is -0.165. The van der Waals surface area contributed by atoms with Crippen LogP contribution in [0.1, 0.15) is 22.8 Å². The molecule has 23 heavy (non-hydrogen) atoms. The van der Waals surface area contributed by atoms with Gasteiger partial charge in [-0.1, -0.05) is 18.2 Å². The van der Waals surface area contributed by atoms with Gasteiger partial charge in [0.25, 0.3) is 5.91 Å². The lowest BCUT2D eigenvalue weighted by Crippen LogP contribution is -2.36. The summed E-state index contributed by atoms with van der Waals surface area (Å²) in [6, 6.07) is 12.7. The van der Waals surface area contributed by atoms with E-state index in [9.17, 15) is 9.59 Å². The van der Waals surface area contributed by atoms with Gasteiger partial charge in [0.15, 0.2) is 0 Å². The van der Waals surface area contributed by atoms with E-state index in [1.54, 1.807) is 29.2 Å². The third kappa shape index (κ3) is 3.04. The monoisotopic (exact) mass is 310 g/mol. The highest BCUT2D eigenvalue weighted by Gasteiger charge is 2.21. The molecule has 0 radical (unpaired) electrons. The van der Waals surface area contributed by atoms with Crippen LogP contribution in [0.5, 0.6) is 5.75 Å². The summed E-state index contributed by atoms with van der Waals surface area (Å²) >= 11 is 0. The zero-order valence-electron chi connectivity index (χ0n) is 13.1. The Morgan fingerprint density at radius 3 is 2.70 bits per heavy atom. The zero-order chi connectivity index (χ0) is 16.4. The molecule has 0 aliphatic carbocycles. The lowest BCUT2D eigenvalue weighted by molar-refractivity contribution is -0.116. The van der Waals surface area contributed by atoms with Crippen molar-refractivity contribution >= 4 is 23.2 Å². The molecule has 2 aromatic rings. The molecule has 1 heterocycles. The topological polar surface area (TPSA) is 58.6 Å². The first-order chi connectivity index (χ1) is 11.1. The molecule has 1 aliphatic rings. The second-order valence-corrected chi connectivity index (χ2v) is 5.47. The molecule has 118 valence electrons. The highest BCUT2D eigenvalue weighted by Crippen LogP contribution is 2.34. The zero-order valence-corrected chi connectivity index (χ0v) is 13.1. The Hall–Kier alpha value is -2.82. The van der Waals surface area contributed by atoms with Crippen molar-refractivity contribution in [2.24, 2.45) is 0 Å². The van der Waals surface area contributed by atoms with Crippen molar-refractivity contribution < 1.29 is 14.3 Å². The second-order valence-electron chi connectivity index (χ2n) is 5.47. The average Bonchev–Trinajstić information content (AvgIpc) is 2.54. The van der Waals surface area contributed by atoms with Crippen molar-refractivity contribution in [3.63, 3.8) is 0 Å². The lowest BCUT2D eigenvalue weighted by atomic mass is 10.1. The van der Waals surface area contributed by atoms with Gasteiger partial charge in [-0.2, -0.15) is 0 Å². The van der Waals surface area contributed by atoms with E-state index >= 15 is 0 Å². The number of carbonyl (C=O) groups excluding carboxylic acids is 2. The van der Waals surface area contributed by atoms with E-state index < -0.39 is 0 Å². The van der Waals surface area contributed by atoms with E-state index in [1.165, 1.54) is 6.92 Å². The molecule has 5 nitrogen and oxygen atoms in total. The number of amides is 2. The summed E-state index contributed by atoms with van der Waals surface area (Å²) in [6.45, 7) is 4.41. The summed E-state index contributed by atoms with van der Waals surface area (Å²) in [6.07, 6.45) is 0. The van der Waals surface area contributed by atoms with Crippen LogP contribution in [0.15, 0.2) is 42.5 Å². The number of benzene rings is 2. The fourth-order valence-electron chi connectivity index (χ4n) is 2.65. The molecule has 3 rings (SSSR count). The fourth-order valence-corrected chi connectivity index (χ4v) is 2.65. The Morgan fingerprint density at radius 1 is 1.17 bits per heavy atom. The largest absolute Gasteiger partial charge is 0.489 e. The highest BCUT2D eigenvalue weighted by atomic mass is 16.5. The quantitative estimate of drug-likeness (QED) is 0.927. The maximum atomic E-state index is 12.4. The van der Waals surface area contributed by atoms with Crippen molar-refractivity contribution in [1.29, 1.82) is 0 Å². The molecule has 2 aromatic carbocycles. The third-order valence-electron chi connectivity index (χ3n) is 3.85. The number of nitrogens with zero attached hydrogens (tertiary/aromatic N) is 1. The summed E-state index contributed by atoms with van der Waals surface area (Å²) in [4.78, 5) is 25.7. The Labute approximate surface area is 134 Å². The van der Waals surface area contributed by atoms with E-state index in [-0.39, 0.29) is 11.8 Å². The minimum Gasteiger partial charge on any atom is -0.489 e. The van der Waals surface area contributed by atoms with E-state index in [4.69, 9.17) is 4.74 Å². The molecule has 0 spiro atoms. The third-order valence-corrected chi connectivity index (χ3v) is 3.85. The van der Waals surface area contributed by atoms with Crippen molar-refractivity contribution in [1.82, 2.24) is 0 Å². The smallest absolute Gasteiger partial charge is 0.255 e. The summed E-state index contributed by atoms with van der Waals surface area (Å²) in [5, 5.41) is 2.87. The van der Waals surface area contributed by atoms with Crippen LogP contribution in [0, 0.1) is 6.92 Å². The van der Waals surface area contributed by atoms with Gasteiger partial charge in [0.1, 0.15) is 12.4 Å². The fraction of sp³-hybridized carbons (Fsp3) is 0.222. The Bertz CT molecular complexity index is 771. The molecule has 0 unspecified atom stereocenters. The normalized spacial score (nSPS) is 13.0. The molecule has 0 atom stereocenters. The number of carbonyl (C=O) groups is 2. The Balaban J connectivity index is 1.84. The van der Waals surface area contributed by atoms with E-state index in [0.717, 1.165) is 11.3 Å². The van der Waals surface area contributed by atoms with Crippen LogP contribution in [0.4, 0.5) is 11.4 Å². The summed E-state index contributed by atoms with van der Waals surface area (Å²) in [5.74, 6) is 0.419. The van der Waals surface area contributed by atoms with Crippen LogP contribution < -0.4 is 15.0 Å². The van der Waals surface area contributed by atoms with Crippen LogP contribution in [0.25, 0.3) is 0 Å². The Morgan fingerprint density at radius 2 is 1.96 bits per heavy atom. The van der Waals surface area contributed by atoms with Gasteiger partial charge in [0.05, 0.1) is 12.2 Å². The van der Waals surface area contributed by atoms with Gasteiger partial charge in [-0.25, -0.2) is 0 Å². The van der Waals surface area contributed by atoms with Crippen LogP contribution in [0.3, 0.4) is 0 Å². The molecule has 5 heteroatoms. The van der Waals surface area contributed by atoms with Gasteiger partial charge >= 0.3 is 0 Å². The van der Waals surface area contributed by atoms with E-state index in [1.807, 2.05) is 25.1 Å². The molecule has 1 N–H and O–H groups in total. The molecule has 0 bridgehead atoms. The maximum Gasteiger partial charge on any atom is 0.255 e. The molecule has 1 aliphatic heterocycles. The first-order valence-corrected chi connectivity index (χ1v) is 7.48. The molecule has 0 aromatic heterocycles. The number of aryl methyl sites for hydroxylation is 1. The number of nitrogens with one attached hydrogen (secondary N) is 1. The van der Waals surface area contributed by atoms with Gasteiger partial charge in [0, 0.05) is 24.2 Å². The van der Waals surface area contributed by atoms with Gasteiger partial charge in [-0.3, -0.25) is 9.59 Å². The number of fused-ring (bicyclic) bond motifs is 1.